The summed E-state index contributed by atoms with van der Waals surface area (Å²) in [4.78, 5) is 12.8. The summed E-state index contributed by atoms with van der Waals surface area (Å²) in [5, 5.41) is 14.7. The van der Waals surface area contributed by atoms with E-state index in [1.165, 1.54) is 28.1 Å². The first-order valence-corrected chi connectivity index (χ1v) is 13.1. The second-order valence-electron chi connectivity index (χ2n) is 8.60. The fourth-order valence-corrected chi connectivity index (χ4v) is 5.09. The lowest BCUT2D eigenvalue weighted by Gasteiger charge is -2.14. The molecule has 1 aromatic heterocycles. The van der Waals surface area contributed by atoms with Crippen LogP contribution in [0.1, 0.15) is 23.9 Å². The molecule has 8 heteroatoms. The Hall–Kier alpha value is -3.78. The van der Waals surface area contributed by atoms with E-state index in [4.69, 9.17) is 9.47 Å². The van der Waals surface area contributed by atoms with E-state index in [9.17, 15) is 4.79 Å². The molecule has 3 aromatic carbocycles. The summed E-state index contributed by atoms with van der Waals surface area (Å²) in [5.74, 6) is 2.16. The lowest BCUT2D eigenvalue weighted by atomic mass is 10.0. The van der Waals surface area contributed by atoms with Gasteiger partial charge >= 0.3 is 0 Å². The van der Waals surface area contributed by atoms with Crippen molar-refractivity contribution in [2.75, 3.05) is 20.8 Å². The number of aromatic nitrogens is 3. The average Bonchev–Trinajstić information content (AvgIpc) is 3.29. The van der Waals surface area contributed by atoms with Crippen molar-refractivity contribution in [3.8, 4) is 11.5 Å². The van der Waals surface area contributed by atoms with Crippen LogP contribution in [0.5, 0.6) is 11.5 Å². The Labute approximate surface area is 221 Å². The van der Waals surface area contributed by atoms with Crippen LogP contribution >= 0.6 is 11.8 Å². The van der Waals surface area contributed by atoms with Crippen molar-refractivity contribution < 1.29 is 14.3 Å². The molecule has 1 atom stereocenters. The number of thioether (sulfide) groups is 1. The summed E-state index contributed by atoms with van der Waals surface area (Å²) in [6, 6.07) is 20.4. The molecule has 0 radical (unpaired) electrons. The van der Waals surface area contributed by atoms with E-state index in [0.717, 1.165) is 11.4 Å². The standard InChI is InChI=1S/C29H32N4O3S/c1-5-17-33-27(19-23-11-8-10-22-9-6-7-12-24(22)23)31-32-29(33)37-20(2)28(34)30-16-15-21-13-14-25(35-3)26(18-21)36-4/h5-14,18,20H,1,15-17,19H2,2-4H3,(H,30,34)/t20-/m0/s1. The first-order chi connectivity index (χ1) is 18.0. The third kappa shape index (κ3) is 6.32. The highest BCUT2D eigenvalue weighted by Gasteiger charge is 2.20. The van der Waals surface area contributed by atoms with E-state index < -0.39 is 0 Å². The quantitative estimate of drug-likeness (QED) is 0.209. The number of carbonyl (C=O) groups excluding carboxylic acids is 1. The molecule has 37 heavy (non-hydrogen) atoms. The van der Waals surface area contributed by atoms with Crippen molar-refractivity contribution in [3.63, 3.8) is 0 Å². The minimum Gasteiger partial charge on any atom is -0.493 e. The minimum atomic E-state index is -0.330. The van der Waals surface area contributed by atoms with E-state index in [0.29, 0.717) is 42.6 Å². The number of benzene rings is 3. The monoisotopic (exact) mass is 516 g/mol. The summed E-state index contributed by atoms with van der Waals surface area (Å²) in [7, 11) is 3.22. The van der Waals surface area contributed by atoms with Crippen LogP contribution in [0, 0.1) is 0 Å². The van der Waals surface area contributed by atoms with Crippen LogP contribution in [-0.4, -0.2) is 46.7 Å². The molecule has 0 unspecified atom stereocenters. The van der Waals surface area contributed by atoms with Gasteiger partial charge in [-0.25, -0.2) is 0 Å². The van der Waals surface area contributed by atoms with Gasteiger partial charge in [0, 0.05) is 19.5 Å². The highest BCUT2D eigenvalue weighted by Crippen LogP contribution is 2.28. The number of hydrogen-bond acceptors (Lipinski definition) is 6. The number of hydrogen-bond donors (Lipinski definition) is 1. The van der Waals surface area contributed by atoms with Gasteiger partial charge < -0.3 is 19.4 Å². The van der Waals surface area contributed by atoms with E-state index in [1.807, 2.05) is 47.9 Å². The van der Waals surface area contributed by atoms with Gasteiger partial charge in [-0.3, -0.25) is 4.79 Å². The Morgan fingerprint density at radius 2 is 1.86 bits per heavy atom. The number of nitrogens with one attached hydrogen (secondary N) is 1. The van der Waals surface area contributed by atoms with Crippen LogP contribution in [0.25, 0.3) is 10.8 Å². The average molecular weight is 517 g/mol. The predicted molar refractivity (Wildman–Crippen MR) is 149 cm³/mol. The summed E-state index contributed by atoms with van der Waals surface area (Å²) in [6.45, 7) is 6.87. The molecule has 0 aliphatic carbocycles. The first-order valence-electron chi connectivity index (χ1n) is 12.2. The molecule has 192 valence electrons. The molecule has 1 amide bonds. The number of methoxy groups -OCH3 is 2. The molecule has 0 aliphatic rings. The van der Waals surface area contributed by atoms with E-state index in [2.05, 4.69) is 52.4 Å². The molecule has 0 spiro atoms. The van der Waals surface area contributed by atoms with Crippen LogP contribution in [0.4, 0.5) is 0 Å². The fraction of sp³-hybridized carbons (Fsp3) is 0.276. The molecule has 0 fully saturated rings. The highest BCUT2D eigenvalue weighted by molar-refractivity contribution is 8.00. The third-order valence-corrected chi connectivity index (χ3v) is 7.23. The molecule has 0 bridgehead atoms. The van der Waals surface area contributed by atoms with Gasteiger partial charge in [-0.2, -0.15) is 0 Å². The maximum atomic E-state index is 12.8. The normalized spacial score (nSPS) is 11.8. The van der Waals surface area contributed by atoms with Crippen molar-refractivity contribution in [1.82, 2.24) is 20.1 Å². The number of carbonyl (C=O) groups is 1. The molecular formula is C29H32N4O3S. The number of nitrogens with zero attached hydrogens (tertiary/aromatic N) is 3. The molecule has 1 heterocycles. The number of allylic oxidation sites excluding steroid dienone is 1. The molecule has 1 N–H and O–H groups in total. The number of fused-ring (bicyclic) bond motifs is 1. The van der Waals surface area contributed by atoms with Gasteiger partial charge in [0.15, 0.2) is 16.7 Å². The minimum absolute atomic E-state index is 0.0470. The van der Waals surface area contributed by atoms with Crippen molar-refractivity contribution in [2.45, 2.75) is 36.7 Å². The SMILES string of the molecule is C=CCn1c(Cc2cccc3ccccc23)nnc1S[C@@H](C)C(=O)NCCc1ccc(OC)c(OC)c1. The molecular weight excluding hydrogens is 484 g/mol. The van der Waals surface area contributed by atoms with Crippen LogP contribution in [0.2, 0.25) is 0 Å². The van der Waals surface area contributed by atoms with Crippen molar-refractivity contribution in [2.24, 2.45) is 0 Å². The molecule has 0 saturated heterocycles. The molecule has 7 nitrogen and oxygen atoms in total. The predicted octanol–water partition coefficient (Wildman–Crippen LogP) is 5.06. The summed E-state index contributed by atoms with van der Waals surface area (Å²) in [5.41, 5.74) is 2.25. The topological polar surface area (TPSA) is 78.3 Å². The fourth-order valence-electron chi connectivity index (χ4n) is 4.19. The van der Waals surface area contributed by atoms with Gasteiger partial charge in [-0.1, -0.05) is 66.4 Å². The second kappa shape index (κ2) is 12.5. The summed E-state index contributed by atoms with van der Waals surface area (Å²) >= 11 is 1.40. The van der Waals surface area contributed by atoms with Crippen LogP contribution in [0.3, 0.4) is 0 Å². The van der Waals surface area contributed by atoms with E-state index in [1.54, 1.807) is 14.2 Å². The van der Waals surface area contributed by atoms with Gasteiger partial charge in [0.2, 0.25) is 5.91 Å². The number of ether oxygens (including phenoxy) is 2. The van der Waals surface area contributed by atoms with Crippen molar-refractivity contribution in [3.05, 3.63) is 90.3 Å². The van der Waals surface area contributed by atoms with Gasteiger partial charge in [0.05, 0.1) is 19.5 Å². The Bertz CT molecular complexity index is 1380. The zero-order valence-electron chi connectivity index (χ0n) is 21.4. The van der Waals surface area contributed by atoms with E-state index in [-0.39, 0.29) is 11.2 Å². The van der Waals surface area contributed by atoms with Gasteiger partial charge in [-0.15, -0.1) is 16.8 Å². The Kier molecular flexibility index (Phi) is 8.85. The Morgan fingerprint density at radius 3 is 2.65 bits per heavy atom. The number of rotatable bonds is 12. The number of amides is 1. The summed E-state index contributed by atoms with van der Waals surface area (Å²) in [6.07, 6.45) is 3.16. The maximum absolute atomic E-state index is 12.8. The van der Waals surface area contributed by atoms with Gasteiger partial charge in [-0.05, 0) is 47.4 Å². The van der Waals surface area contributed by atoms with Crippen molar-refractivity contribution in [1.29, 1.82) is 0 Å². The first kappa shape index (κ1) is 26.3. The third-order valence-electron chi connectivity index (χ3n) is 6.15. The van der Waals surface area contributed by atoms with Crippen LogP contribution in [-0.2, 0) is 24.2 Å². The largest absolute Gasteiger partial charge is 0.493 e. The zero-order chi connectivity index (χ0) is 26.2. The molecule has 0 aliphatic heterocycles. The zero-order valence-corrected chi connectivity index (χ0v) is 22.3. The Morgan fingerprint density at radius 1 is 1.08 bits per heavy atom. The highest BCUT2D eigenvalue weighted by atomic mass is 32.2. The van der Waals surface area contributed by atoms with Crippen molar-refractivity contribution >= 4 is 28.4 Å². The lowest BCUT2D eigenvalue weighted by molar-refractivity contribution is -0.120. The summed E-state index contributed by atoms with van der Waals surface area (Å²) < 4.78 is 12.7. The van der Waals surface area contributed by atoms with Gasteiger partial charge in [0.25, 0.3) is 0 Å². The smallest absolute Gasteiger partial charge is 0.233 e. The van der Waals surface area contributed by atoms with E-state index >= 15 is 0 Å². The molecule has 4 aromatic rings. The molecule has 4 rings (SSSR count). The molecule has 0 saturated carbocycles. The second-order valence-corrected chi connectivity index (χ2v) is 9.91. The lowest BCUT2D eigenvalue weighted by Crippen LogP contribution is -2.32. The van der Waals surface area contributed by atoms with Crippen LogP contribution in [0.15, 0.2) is 78.5 Å². The van der Waals surface area contributed by atoms with Crippen LogP contribution < -0.4 is 14.8 Å². The van der Waals surface area contributed by atoms with Gasteiger partial charge in [0.1, 0.15) is 5.82 Å². The Balaban J connectivity index is 1.39. The maximum Gasteiger partial charge on any atom is 0.233 e.